The van der Waals surface area contributed by atoms with E-state index in [1.54, 1.807) is 30.3 Å². The fourth-order valence-electron chi connectivity index (χ4n) is 2.24. The van der Waals surface area contributed by atoms with E-state index in [9.17, 15) is 8.42 Å². The van der Waals surface area contributed by atoms with Gasteiger partial charge in [-0.05, 0) is 42.8 Å². The molecule has 1 aliphatic rings. The summed E-state index contributed by atoms with van der Waals surface area (Å²) in [6.07, 6.45) is 0.915. The van der Waals surface area contributed by atoms with Gasteiger partial charge in [0.05, 0.1) is 11.5 Å². The second-order valence-corrected chi connectivity index (χ2v) is 6.97. The molecule has 0 unspecified atom stereocenters. The van der Waals surface area contributed by atoms with Gasteiger partial charge in [-0.1, -0.05) is 6.92 Å². The number of rotatable bonds is 6. The van der Waals surface area contributed by atoms with Gasteiger partial charge in [-0.25, -0.2) is 8.42 Å². The zero-order valence-corrected chi connectivity index (χ0v) is 14.1. The van der Waals surface area contributed by atoms with Crippen molar-refractivity contribution in [3.8, 4) is 17.2 Å². The Kier molecular flexibility index (Phi) is 4.80. The molecule has 1 heterocycles. The first-order chi connectivity index (χ1) is 11.6. The largest absolute Gasteiger partial charge is 0.494 e. The normalized spacial score (nSPS) is 13.4. The maximum atomic E-state index is 12.5. The first kappa shape index (κ1) is 16.4. The van der Waals surface area contributed by atoms with Crippen LogP contribution < -0.4 is 18.9 Å². The number of benzene rings is 2. The molecule has 0 radical (unpaired) electrons. The molecular formula is C17H19NO5S. The molecule has 0 saturated carbocycles. The fraction of sp³-hybridized carbons (Fsp3) is 0.294. The predicted molar refractivity (Wildman–Crippen MR) is 90.5 cm³/mol. The molecule has 0 atom stereocenters. The Morgan fingerprint density at radius 2 is 1.75 bits per heavy atom. The second kappa shape index (κ2) is 7.00. The molecule has 0 aliphatic carbocycles. The molecule has 3 rings (SSSR count). The Hall–Kier alpha value is -2.41. The molecule has 128 valence electrons. The molecule has 1 aliphatic heterocycles. The fourth-order valence-corrected chi connectivity index (χ4v) is 3.32. The van der Waals surface area contributed by atoms with Crippen LogP contribution in [0.3, 0.4) is 0 Å². The number of sulfonamides is 1. The van der Waals surface area contributed by atoms with E-state index in [1.165, 1.54) is 12.1 Å². The van der Waals surface area contributed by atoms with Gasteiger partial charge >= 0.3 is 0 Å². The highest BCUT2D eigenvalue weighted by Crippen LogP contribution is 2.32. The summed E-state index contributed by atoms with van der Waals surface area (Å²) >= 11 is 0. The van der Waals surface area contributed by atoms with Crippen molar-refractivity contribution >= 4 is 15.7 Å². The van der Waals surface area contributed by atoms with Gasteiger partial charge in [-0.3, -0.25) is 4.72 Å². The maximum absolute atomic E-state index is 12.5. The van der Waals surface area contributed by atoms with Crippen molar-refractivity contribution in [2.24, 2.45) is 0 Å². The van der Waals surface area contributed by atoms with Gasteiger partial charge in [0.15, 0.2) is 11.5 Å². The lowest BCUT2D eigenvalue weighted by molar-refractivity contribution is 0.171. The van der Waals surface area contributed by atoms with Crippen molar-refractivity contribution in [2.75, 3.05) is 24.5 Å². The highest BCUT2D eigenvalue weighted by atomic mass is 32.2. The van der Waals surface area contributed by atoms with E-state index in [2.05, 4.69) is 4.72 Å². The lowest BCUT2D eigenvalue weighted by Crippen LogP contribution is -2.17. The molecule has 7 heteroatoms. The quantitative estimate of drug-likeness (QED) is 0.868. The van der Waals surface area contributed by atoms with Gasteiger partial charge < -0.3 is 14.2 Å². The summed E-state index contributed by atoms with van der Waals surface area (Å²) in [7, 11) is -3.70. The molecule has 0 amide bonds. The number of nitrogens with one attached hydrogen (secondary N) is 1. The van der Waals surface area contributed by atoms with Crippen molar-refractivity contribution in [3.63, 3.8) is 0 Å². The monoisotopic (exact) mass is 349 g/mol. The lowest BCUT2D eigenvalue weighted by Gasteiger charge is -2.19. The Labute approximate surface area is 141 Å². The van der Waals surface area contributed by atoms with Crippen LogP contribution in [0.4, 0.5) is 5.69 Å². The first-order valence-electron chi connectivity index (χ1n) is 7.74. The predicted octanol–water partition coefficient (Wildman–Crippen LogP) is 3.05. The average Bonchev–Trinajstić information content (AvgIpc) is 2.60. The summed E-state index contributed by atoms with van der Waals surface area (Å²) < 4.78 is 43.9. The van der Waals surface area contributed by atoms with Crippen LogP contribution in [-0.2, 0) is 10.0 Å². The van der Waals surface area contributed by atoms with Crippen LogP contribution in [-0.4, -0.2) is 28.2 Å². The van der Waals surface area contributed by atoms with E-state index < -0.39 is 10.0 Å². The molecule has 0 saturated heterocycles. The van der Waals surface area contributed by atoms with Crippen molar-refractivity contribution in [2.45, 2.75) is 18.2 Å². The minimum atomic E-state index is -3.70. The lowest BCUT2D eigenvalue weighted by atomic mass is 10.3. The third-order valence-corrected chi connectivity index (χ3v) is 4.78. The van der Waals surface area contributed by atoms with E-state index in [0.29, 0.717) is 42.8 Å². The molecule has 0 fully saturated rings. The topological polar surface area (TPSA) is 73.9 Å². The van der Waals surface area contributed by atoms with Crippen LogP contribution >= 0.6 is 0 Å². The van der Waals surface area contributed by atoms with Crippen molar-refractivity contribution in [3.05, 3.63) is 42.5 Å². The second-order valence-electron chi connectivity index (χ2n) is 5.28. The Morgan fingerprint density at radius 1 is 1.04 bits per heavy atom. The van der Waals surface area contributed by atoms with Gasteiger partial charge in [-0.2, -0.15) is 0 Å². The van der Waals surface area contributed by atoms with Crippen molar-refractivity contribution < 1.29 is 22.6 Å². The summed E-state index contributed by atoms with van der Waals surface area (Å²) in [6.45, 7) is 3.52. The van der Waals surface area contributed by atoms with Gasteiger partial charge in [-0.15, -0.1) is 0 Å². The molecule has 2 aromatic rings. The number of anilines is 1. The minimum absolute atomic E-state index is 0.123. The van der Waals surface area contributed by atoms with E-state index >= 15 is 0 Å². The summed E-state index contributed by atoms with van der Waals surface area (Å²) in [6, 6.07) is 11.4. The van der Waals surface area contributed by atoms with Gasteiger partial charge in [0, 0.05) is 11.8 Å². The number of hydrogen-bond donors (Lipinski definition) is 1. The average molecular weight is 349 g/mol. The molecule has 0 spiro atoms. The standard InChI is InChI=1S/C17H19NO5S/c1-2-9-21-14-5-3-13(4-6-14)18-24(19,20)15-7-8-16-17(12-15)23-11-10-22-16/h3-8,12,18H,2,9-11H2,1H3. The number of hydrogen-bond acceptors (Lipinski definition) is 5. The number of fused-ring (bicyclic) bond motifs is 1. The van der Waals surface area contributed by atoms with E-state index in [1.807, 2.05) is 6.92 Å². The molecule has 0 bridgehead atoms. The van der Waals surface area contributed by atoms with Gasteiger partial charge in [0.25, 0.3) is 10.0 Å². The zero-order chi connectivity index (χ0) is 17.0. The minimum Gasteiger partial charge on any atom is -0.494 e. The van der Waals surface area contributed by atoms with Crippen LogP contribution in [0.25, 0.3) is 0 Å². The summed E-state index contributed by atoms with van der Waals surface area (Å²) in [5.74, 6) is 1.70. The van der Waals surface area contributed by atoms with Crippen LogP contribution in [0.15, 0.2) is 47.4 Å². The molecule has 24 heavy (non-hydrogen) atoms. The Bertz CT molecular complexity index is 802. The van der Waals surface area contributed by atoms with Crippen molar-refractivity contribution in [1.82, 2.24) is 0 Å². The summed E-state index contributed by atoms with van der Waals surface area (Å²) in [5.41, 5.74) is 0.466. The third kappa shape index (κ3) is 3.73. The highest BCUT2D eigenvalue weighted by Gasteiger charge is 2.19. The van der Waals surface area contributed by atoms with Crippen LogP contribution in [0.5, 0.6) is 17.2 Å². The maximum Gasteiger partial charge on any atom is 0.262 e. The number of ether oxygens (including phenoxy) is 3. The smallest absolute Gasteiger partial charge is 0.262 e. The van der Waals surface area contributed by atoms with E-state index in [0.717, 1.165) is 6.42 Å². The molecule has 2 aromatic carbocycles. The van der Waals surface area contributed by atoms with E-state index in [4.69, 9.17) is 14.2 Å². The Morgan fingerprint density at radius 3 is 2.46 bits per heavy atom. The van der Waals surface area contributed by atoms with Crippen LogP contribution in [0, 0.1) is 0 Å². The molecule has 6 nitrogen and oxygen atoms in total. The molecule has 0 aromatic heterocycles. The van der Waals surface area contributed by atoms with Gasteiger partial charge in [0.1, 0.15) is 19.0 Å². The van der Waals surface area contributed by atoms with Crippen LogP contribution in [0.2, 0.25) is 0 Å². The Balaban J connectivity index is 1.76. The SMILES string of the molecule is CCCOc1ccc(NS(=O)(=O)c2ccc3c(c2)OCCO3)cc1. The summed E-state index contributed by atoms with van der Waals surface area (Å²) in [4.78, 5) is 0.123. The third-order valence-electron chi connectivity index (χ3n) is 3.40. The van der Waals surface area contributed by atoms with Crippen LogP contribution in [0.1, 0.15) is 13.3 Å². The van der Waals surface area contributed by atoms with Crippen molar-refractivity contribution in [1.29, 1.82) is 0 Å². The van der Waals surface area contributed by atoms with Gasteiger partial charge in [0.2, 0.25) is 0 Å². The highest BCUT2D eigenvalue weighted by molar-refractivity contribution is 7.92. The molecule has 1 N–H and O–H groups in total. The first-order valence-corrected chi connectivity index (χ1v) is 9.22. The summed E-state index contributed by atoms with van der Waals surface area (Å²) in [5, 5.41) is 0. The molecular weight excluding hydrogens is 330 g/mol. The van der Waals surface area contributed by atoms with E-state index in [-0.39, 0.29) is 4.90 Å². The zero-order valence-electron chi connectivity index (χ0n) is 13.3.